The Labute approximate surface area is 151 Å². The second-order valence-corrected chi connectivity index (χ2v) is 7.99. The normalized spacial score (nSPS) is 12.5. The number of allylic oxidation sites excluding steroid dienone is 4. The third kappa shape index (κ3) is 3.85. The molecule has 22 heavy (non-hydrogen) atoms. The molecule has 0 bridgehead atoms. The fourth-order valence-electron chi connectivity index (χ4n) is 2.85. The van der Waals surface area contributed by atoms with Crippen LogP contribution in [-0.4, -0.2) is 6.61 Å². The molecule has 1 aliphatic rings. The van der Waals surface area contributed by atoms with Gasteiger partial charge >= 0.3 is 127 Å². The van der Waals surface area contributed by atoms with Crippen LogP contribution >= 0.6 is 24.8 Å². The van der Waals surface area contributed by atoms with Crippen molar-refractivity contribution in [3.05, 3.63) is 60.2 Å². The monoisotopic (exact) mass is 371 g/mol. The number of hydrogen-bond acceptors (Lipinski definition) is 1. The van der Waals surface area contributed by atoms with Gasteiger partial charge in [0.25, 0.3) is 0 Å². The molecule has 0 N–H and O–H groups in total. The first kappa shape index (κ1) is 19.5. The Balaban J connectivity index is 0.00000121. The predicted molar refractivity (Wildman–Crippen MR) is 97.3 cm³/mol. The van der Waals surface area contributed by atoms with Gasteiger partial charge < -0.3 is 0 Å². The topological polar surface area (TPSA) is 9.23 Å². The molecule has 0 saturated carbocycles. The van der Waals surface area contributed by atoms with Crippen LogP contribution in [0.15, 0.2) is 54.6 Å². The third-order valence-corrected chi connectivity index (χ3v) is 6.83. The first-order valence-corrected chi connectivity index (χ1v) is 10.1. The van der Waals surface area contributed by atoms with Crippen LogP contribution in [-0.2, 0) is 21.6 Å². The van der Waals surface area contributed by atoms with Crippen molar-refractivity contribution < 1.29 is 21.6 Å². The first-order chi connectivity index (χ1) is 9.81. The van der Waals surface area contributed by atoms with Crippen LogP contribution in [0.1, 0.15) is 18.9 Å². The summed E-state index contributed by atoms with van der Waals surface area (Å²) >= 11 is -1.67. The Morgan fingerprint density at radius 2 is 1.86 bits per heavy atom. The van der Waals surface area contributed by atoms with Gasteiger partial charge in [-0.3, -0.25) is 0 Å². The molecule has 0 aliphatic heterocycles. The van der Waals surface area contributed by atoms with Gasteiger partial charge in [-0.2, -0.15) is 0 Å². The van der Waals surface area contributed by atoms with E-state index in [9.17, 15) is 0 Å². The second-order valence-electron chi connectivity index (χ2n) is 5.02. The molecule has 0 fully saturated rings. The average Bonchev–Trinajstić information content (AvgIpc) is 3.00. The van der Waals surface area contributed by atoms with Crippen LogP contribution in [0.25, 0.3) is 16.3 Å². The van der Waals surface area contributed by atoms with Crippen molar-refractivity contribution in [2.24, 2.45) is 0 Å². The number of hydrogen-bond donors (Lipinski definition) is 0. The van der Waals surface area contributed by atoms with Crippen molar-refractivity contribution in [3.63, 3.8) is 0 Å². The summed E-state index contributed by atoms with van der Waals surface area (Å²) in [5, 5.41) is 5.02. The summed E-state index contributed by atoms with van der Waals surface area (Å²) in [7, 11) is 0. The molecule has 0 heterocycles. The summed E-state index contributed by atoms with van der Waals surface area (Å²) in [6.45, 7) is 2.91. The van der Waals surface area contributed by atoms with Crippen molar-refractivity contribution in [2.75, 3.05) is 6.61 Å². The molecule has 4 heteroatoms. The van der Waals surface area contributed by atoms with E-state index < -0.39 is 18.3 Å². The molecule has 0 unspecified atom stereocenters. The molecule has 1 nitrogen and oxygen atoms in total. The number of benzene rings is 2. The SMILES string of the molecule is CC[O][Ti]([CH3])[c]1c(C2=CC=CC2)ccc2ccccc12.Cl.Cl. The van der Waals surface area contributed by atoms with Gasteiger partial charge in [-0.1, -0.05) is 0 Å². The van der Waals surface area contributed by atoms with Crippen molar-refractivity contribution in [3.8, 4) is 0 Å². The summed E-state index contributed by atoms with van der Waals surface area (Å²) < 4.78 is 7.54. The summed E-state index contributed by atoms with van der Waals surface area (Å²) in [5.41, 5.74) is 2.83. The zero-order chi connectivity index (χ0) is 13.9. The molecule has 2 aromatic carbocycles. The van der Waals surface area contributed by atoms with Crippen LogP contribution in [0, 0.1) is 0 Å². The van der Waals surface area contributed by atoms with Gasteiger partial charge in [-0.15, -0.1) is 24.8 Å². The number of halogens is 2. The Morgan fingerprint density at radius 1 is 1.09 bits per heavy atom. The molecule has 117 valence electrons. The zero-order valence-electron chi connectivity index (χ0n) is 12.8. The molecule has 3 rings (SSSR count). The minimum absolute atomic E-state index is 0. The van der Waals surface area contributed by atoms with Crippen molar-refractivity contribution in [2.45, 2.75) is 18.6 Å². The van der Waals surface area contributed by atoms with E-state index in [0.29, 0.717) is 0 Å². The largest absolute Gasteiger partial charge is 0.147 e. The summed E-state index contributed by atoms with van der Waals surface area (Å²) in [5.74, 6) is 0. The van der Waals surface area contributed by atoms with E-state index in [4.69, 9.17) is 3.32 Å². The van der Waals surface area contributed by atoms with Gasteiger partial charge in [-0.25, -0.2) is 0 Å². The summed E-state index contributed by atoms with van der Waals surface area (Å²) in [6.07, 6.45) is 7.67. The molecule has 0 aromatic heterocycles. The third-order valence-electron chi connectivity index (χ3n) is 3.76. The Hall–Kier alpha value is -0.566. The molecule has 1 aliphatic carbocycles. The maximum absolute atomic E-state index is 6.06. The number of rotatable bonds is 4. The molecular formula is C18H21Cl2OTi. The maximum atomic E-state index is 6.06. The summed E-state index contributed by atoms with van der Waals surface area (Å²) in [4.78, 5) is 0. The van der Waals surface area contributed by atoms with Gasteiger partial charge in [0.05, 0.1) is 0 Å². The van der Waals surface area contributed by atoms with Gasteiger partial charge in [0.15, 0.2) is 0 Å². The van der Waals surface area contributed by atoms with E-state index in [1.807, 2.05) is 0 Å². The Morgan fingerprint density at radius 3 is 2.55 bits per heavy atom. The molecule has 0 atom stereocenters. The minimum atomic E-state index is -1.67. The quantitative estimate of drug-likeness (QED) is 0.665. The van der Waals surface area contributed by atoms with E-state index in [1.165, 1.54) is 25.8 Å². The Bertz CT molecular complexity index is 695. The number of fused-ring (bicyclic) bond motifs is 1. The van der Waals surface area contributed by atoms with E-state index in [0.717, 1.165) is 13.0 Å². The first-order valence-electron chi connectivity index (χ1n) is 7.16. The van der Waals surface area contributed by atoms with Crippen molar-refractivity contribution in [1.82, 2.24) is 0 Å². The molecule has 0 radical (unpaired) electrons. The smallest absolute Gasteiger partial charge is 0.147 e. The van der Waals surface area contributed by atoms with Crippen LogP contribution in [0.3, 0.4) is 0 Å². The van der Waals surface area contributed by atoms with Gasteiger partial charge in [0, 0.05) is 0 Å². The predicted octanol–water partition coefficient (Wildman–Crippen LogP) is 5.27. The van der Waals surface area contributed by atoms with E-state index in [-0.39, 0.29) is 24.8 Å². The fraction of sp³-hybridized carbons (Fsp3) is 0.222. The second kappa shape index (κ2) is 8.91. The molecule has 0 saturated heterocycles. The van der Waals surface area contributed by atoms with Gasteiger partial charge in [-0.05, 0) is 0 Å². The van der Waals surface area contributed by atoms with Gasteiger partial charge in [0.2, 0.25) is 0 Å². The Kier molecular flexibility index (Phi) is 7.89. The maximum Gasteiger partial charge on any atom is -0.147 e. The van der Waals surface area contributed by atoms with Crippen molar-refractivity contribution in [1.29, 1.82) is 0 Å². The van der Waals surface area contributed by atoms with Crippen molar-refractivity contribution >= 4 is 45.0 Å². The zero-order valence-corrected chi connectivity index (χ0v) is 16.0. The summed E-state index contributed by atoms with van der Waals surface area (Å²) in [6, 6.07) is 13.2. The van der Waals surface area contributed by atoms with Crippen LogP contribution in [0.2, 0.25) is 5.23 Å². The minimum Gasteiger partial charge on any atom is -0.147 e. The van der Waals surface area contributed by atoms with E-state index in [2.05, 4.69) is 66.8 Å². The standard InChI is InChI=1S/C15H11.C2H5O.CH3.2ClH.Ti/c1-2-6-12(5-1)15-10-9-13-7-3-4-8-14(13)11-15;1-2-3;;;;/h1-5,7-10H,6H2;2H2,1H3;1H3;2*1H;/q;-1;;;;+1. The van der Waals surface area contributed by atoms with Crippen LogP contribution < -0.4 is 3.87 Å². The molecule has 2 aromatic rings. The van der Waals surface area contributed by atoms with Crippen LogP contribution in [0.5, 0.6) is 0 Å². The molecular weight excluding hydrogens is 351 g/mol. The van der Waals surface area contributed by atoms with E-state index in [1.54, 1.807) is 0 Å². The average molecular weight is 372 g/mol. The van der Waals surface area contributed by atoms with E-state index >= 15 is 0 Å². The molecule has 0 amide bonds. The fourth-order valence-corrected chi connectivity index (χ4v) is 5.68. The van der Waals surface area contributed by atoms with Gasteiger partial charge in [0.1, 0.15) is 0 Å². The molecule has 0 spiro atoms. The van der Waals surface area contributed by atoms with Crippen LogP contribution in [0.4, 0.5) is 0 Å².